The van der Waals surface area contributed by atoms with Crippen molar-refractivity contribution in [1.82, 2.24) is 4.90 Å². The Balaban J connectivity index is 1.64. The number of hydrogen-bond acceptors (Lipinski definition) is 4. The summed E-state index contributed by atoms with van der Waals surface area (Å²) in [6.45, 7) is 3.64. The minimum atomic E-state index is -0.0744. The van der Waals surface area contributed by atoms with Gasteiger partial charge in [-0.25, -0.2) is 4.90 Å². The number of ether oxygens (including phenoxy) is 2. The molecule has 1 heterocycles. The molecule has 0 bridgehead atoms. The van der Waals surface area contributed by atoms with Crippen molar-refractivity contribution in [2.75, 3.05) is 27.4 Å². The number of likely N-dealkylation sites (tertiary alicyclic amines) is 1. The van der Waals surface area contributed by atoms with Gasteiger partial charge in [0, 0.05) is 5.56 Å². The highest BCUT2D eigenvalue weighted by atomic mass is 16.5. The summed E-state index contributed by atoms with van der Waals surface area (Å²) in [5, 5.41) is 0. The molecule has 0 radical (unpaired) electrons. The van der Waals surface area contributed by atoms with Crippen LogP contribution in [0.25, 0.3) is 0 Å². The fourth-order valence-electron chi connectivity index (χ4n) is 4.16. The summed E-state index contributed by atoms with van der Waals surface area (Å²) in [4.78, 5) is 27.8. The predicted octanol–water partition coefficient (Wildman–Crippen LogP) is 1.24. The smallest absolute Gasteiger partial charge is 0.237 e. The first-order chi connectivity index (χ1) is 12.5. The van der Waals surface area contributed by atoms with E-state index in [2.05, 4.69) is 0 Å². The summed E-state index contributed by atoms with van der Waals surface area (Å²) >= 11 is 0. The molecule has 6 heteroatoms. The van der Waals surface area contributed by atoms with Gasteiger partial charge in [0.15, 0.2) is 18.2 Å². The van der Waals surface area contributed by atoms with E-state index in [1.54, 1.807) is 7.11 Å². The van der Waals surface area contributed by atoms with Crippen LogP contribution in [-0.4, -0.2) is 44.1 Å². The quantitative estimate of drug-likeness (QED) is 0.743. The van der Waals surface area contributed by atoms with E-state index in [9.17, 15) is 9.59 Å². The molecule has 6 nitrogen and oxygen atoms in total. The van der Waals surface area contributed by atoms with Crippen molar-refractivity contribution in [3.05, 3.63) is 23.8 Å². The van der Waals surface area contributed by atoms with E-state index < -0.39 is 0 Å². The second-order valence-corrected chi connectivity index (χ2v) is 7.31. The van der Waals surface area contributed by atoms with E-state index in [0.29, 0.717) is 25.6 Å². The number of carbonyl (C=O) groups is 2. The van der Waals surface area contributed by atoms with E-state index in [-0.39, 0.29) is 23.7 Å². The average Bonchev–Trinajstić information content (AvgIpc) is 2.88. The van der Waals surface area contributed by atoms with Crippen molar-refractivity contribution in [2.45, 2.75) is 39.2 Å². The van der Waals surface area contributed by atoms with Crippen LogP contribution in [0.5, 0.6) is 11.5 Å². The zero-order valence-electron chi connectivity index (χ0n) is 15.9. The Labute approximate surface area is 155 Å². The van der Waals surface area contributed by atoms with Gasteiger partial charge < -0.3 is 14.4 Å². The molecule has 1 aliphatic carbocycles. The van der Waals surface area contributed by atoms with E-state index >= 15 is 0 Å². The Morgan fingerprint density at radius 1 is 1.12 bits per heavy atom. The Morgan fingerprint density at radius 3 is 2.35 bits per heavy atom. The van der Waals surface area contributed by atoms with Gasteiger partial charge in [0.05, 0.1) is 32.6 Å². The monoisotopic (exact) mass is 361 g/mol. The summed E-state index contributed by atoms with van der Waals surface area (Å²) in [7, 11) is 3.63. The number of nitrogens with zero attached hydrogens (tertiary/aromatic N) is 1. The van der Waals surface area contributed by atoms with Crippen molar-refractivity contribution in [1.29, 1.82) is 0 Å². The standard InChI is InChI=1S/C20H28N2O4/c1-4-26-17-10-9-14(11-18(17)25-3)12-21(2)13-22-19(23)15-7-5-6-8-16(15)20(22)24/h9-11,15-16H,4-8,12-13H2,1-3H3/p+1/t15-,16+. The molecule has 1 unspecified atom stereocenters. The molecule has 3 atom stereocenters. The first-order valence-corrected chi connectivity index (χ1v) is 9.51. The molecule has 1 aliphatic heterocycles. The lowest BCUT2D eigenvalue weighted by atomic mass is 9.81. The highest BCUT2D eigenvalue weighted by molar-refractivity contribution is 6.05. The van der Waals surface area contributed by atoms with E-state index in [1.165, 1.54) is 4.90 Å². The molecule has 2 fully saturated rings. The Hall–Kier alpha value is -2.08. The van der Waals surface area contributed by atoms with Gasteiger partial charge in [0.1, 0.15) is 6.54 Å². The van der Waals surface area contributed by atoms with Crippen molar-refractivity contribution in [3.63, 3.8) is 0 Å². The van der Waals surface area contributed by atoms with Gasteiger partial charge >= 0.3 is 0 Å². The van der Waals surface area contributed by atoms with Crippen LogP contribution in [0, 0.1) is 11.8 Å². The molecule has 3 rings (SSSR count). The van der Waals surface area contributed by atoms with Crippen molar-refractivity contribution in [3.8, 4) is 11.5 Å². The summed E-state index contributed by atoms with van der Waals surface area (Å²) < 4.78 is 10.9. The summed E-state index contributed by atoms with van der Waals surface area (Å²) in [5.41, 5.74) is 1.08. The van der Waals surface area contributed by atoms with Gasteiger partial charge in [-0.2, -0.15) is 0 Å². The van der Waals surface area contributed by atoms with Gasteiger partial charge in [0.25, 0.3) is 0 Å². The molecule has 1 aromatic rings. The minimum Gasteiger partial charge on any atom is -0.493 e. The number of quaternary nitrogens is 1. The first-order valence-electron chi connectivity index (χ1n) is 9.51. The largest absolute Gasteiger partial charge is 0.493 e. The molecule has 1 aromatic carbocycles. The number of nitrogens with one attached hydrogen (secondary N) is 1. The lowest BCUT2D eigenvalue weighted by Gasteiger charge is -2.21. The summed E-state index contributed by atoms with van der Waals surface area (Å²) in [6, 6.07) is 5.87. The summed E-state index contributed by atoms with van der Waals surface area (Å²) in [5.74, 6) is 1.35. The highest BCUT2D eigenvalue weighted by Crippen LogP contribution is 2.37. The normalized spacial score (nSPS) is 23.7. The second-order valence-electron chi connectivity index (χ2n) is 7.31. The lowest BCUT2D eigenvalue weighted by molar-refractivity contribution is -0.901. The zero-order chi connectivity index (χ0) is 18.7. The maximum atomic E-state index is 12.6. The van der Waals surface area contributed by atoms with Crippen LogP contribution in [0.15, 0.2) is 18.2 Å². The number of rotatable bonds is 7. The maximum Gasteiger partial charge on any atom is 0.237 e. The lowest BCUT2D eigenvalue weighted by Crippen LogP contribution is -3.09. The fourth-order valence-corrected chi connectivity index (χ4v) is 4.16. The van der Waals surface area contributed by atoms with Crippen LogP contribution in [0.1, 0.15) is 38.2 Å². The van der Waals surface area contributed by atoms with Gasteiger partial charge in [-0.15, -0.1) is 0 Å². The van der Waals surface area contributed by atoms with E-state index in [4.69, 9.17) is 9.47 Å². The van der Waals surface area contributed by atoms with E-state index in [1.807, 2.05) is 32.2 Å². The molecule has 26 heavy (non-hydrogen) atoms. The molecule has 1 saturated heterocycles. The number of hydrogen-bond donors (Lipinski definition) is 1. The first kappa shape index (κ1) is 18.7. The van der Waals surface area contributed by atoms with Crippen molar-refractivity contribution in [2.24, 2.45) is 11.8 Å². The zero-order valence-corrected chi connectivity index (χ0v) is 15.9. The fraction of sp³-hybridized carbons (Fsp3) is 0.600. The van der Waals surface area contributed by atoms with Crippen LogP contribution in [-0.2, 0) is 16.1 Å². The second kappa shape index (κ2) is 8.08. The number of fused-ring (bicyclic) bond motifs is 1. The summed E-state index contributed by atoms with van der Waals surface area (Å²) in [6.07, 6.45) is 3.84. The topological polar surface area (TPSA) is 60.3 Å². The van der Waals surface area contributed by atoms with Gasteiger partial charge in [-0.1, -0.05) is 12.8 Å². The molecule has 0 spiro atoms. The molecular weight excluding hydrogens is 332 g/mol. The Bertz CT molecular complexity index is 652. The van der Waals surface area contributed by atoms with Gasteiger partial charge in [-0.05, 0) is 38.0 Å². The molecular formula is C20H29N2O4+. The molecule has 1 N–H and O–H groups in total. The SMILES string of the molecule is CCOc1ccc(C[NH+](C)CN2C(=O)[C@H]3CCCC[C@H]3C2=O)cc1OC. The van der Waals surface area contributed by atoms with Crippen molar-refractivity contribution < 1.29 is 24.0 Å². The van der Waals surface area contributed by atoms with Crippen molar-refractivity contribution >= 4 is 11.8 Å². The Morgan fingerprint density at radius 2 is 1.77 bits per heavy atom. The van der Waals surface area contributed by atoms with E-state index in [0.717, 1.165) is 41.9 Å². The third-order valence-electron chi connectivity index (χ3n) is 5.39. The third kappa shape index (κ3) is 3.70. The Kier molecular flexibility index (Phi) is 5.81. The van der Waals surface area contributed by atoms with Crippen LogP contribution < -0.4 is 14.4 Å². The van der Waals surface area contributed by atoms with Crippen LogP contribution in [0.4, 0.5) is 0 Å². The minimum absolute atomic E-state index is 0.0309. The third-order valence-corrected chi connectivity index (χ3v) is 5.39. The predicted molar refractivity (Wildman–Crippen MR) is 96.9 cm³/mol. The number of benzene rings is 1. The molecule has 1 saturated carbocycles. The average molecular weight is 361 g/mol. The van der Waals surface area contributed by atoms with Crippen LogP contribution >= 0.6 is 0 Å². The number of imide groups is 1. The molecule has 2 aliphatic rings. The van der Waals surface area contributed by atoms with Crippen LogP contribution in [0.2, 0.25) is 0 Å². The molecule has 2 amide bonds. The number of carbonyl (C=O) groups excluding carboxylic acids is 2. The van der Waals surface area contributed by atoms with Gasteiger partial charge in [0.2, 0.25) is 11.8 Å². The number of amides is 2. The maximum absolute atomic E-state index is 12.6. The molecule has 0 aromatic heterocycles. The molecule has 142 valence electrons. The number of methoxy groups -OCH3 is 1. The van der Waals surface area contributed by atoms with Gasteiger partial charge in [-0.3, -0.25) is 9.59 Å². The van der Waals surface area contributed by atoms with Crippen LogP contribution in [0.3, 0.4) is 0 Å². The highest BCUT2D eigenvalue weighted by Gasteiger charge is 2.48.